The van der Waals surface area contributed by atoms with E-state index in [1.807, 2.05) is 36.4 Å². The standard InChI is InChI=1S/C21H17Cl2N3O2S/c22-13-3-1-12(2-4-13)20-25-17-7-8-26(21(27)19(17)29-20)14-5-6-18(16(23)9-14)28-15-10-24-11-15/h1-6,9,15,24H,7-8,10-11H2. The van der Waals surface area contributed by atoms with Gasteiger partial charge in [-0.15, -0.1) is 11.3 Å². The van der Waals surface area contributed by atoms with Crippen molar-refractivity contribution in [1.29, 1.82) is 0 Å². The lowest BCUT2D eigenvalue weighted by Crippen LogP contribution is -2.50. The zero-order valence-electron chi connectivity index (χ0n) is 15.3. The van der Waals surface area contributed by atoms with Gasteiger partial charge < -0.3 is 15.0 Å². The highest BCUT2D eigenvalue weighted by atomic mass is 35.5. The number of nitrogens with zero attached hydrogens (tertiary/aromatic N) is 2. The van der Waals surface area contributed by atoms with E-state index < -0.39 is 0 Å². The number of carbonyl (C=O) groups is 1. The highest BCUT2D eigenvalue weighted by Gasteiger charge is 2.30. The van der Waals surface area contributed by atoms with Crippen LogP contribution < -0.4 is 15.0 Å². The lowest BCUT2D eigenvalue weighted by molar-refractivity contribution is 0.0984. The van der Waals surface area contributed by atoms with E-state index in [4.69, 9.17) is 27.9 Å². The third-order valence-electron chi connectivity index (χ3n) is 5.06. The number of benzene rings is 2. The van der Waals surface area contributed by atoms with Gasteiger partial charge in [-0.1, -0.05) is 35.3 Å². The second kappa shape index (κ2) is 7.61. The summed E-state index contributed by atoms with van der Waals surface area (Å²) in [4.78, 5) is 20.3. The fourth-order valence-electron chi connectivity index (χ4n) is 3.37. The molecule has 0 saturated carbocycles. The zero-order valence-corrected chi connectivity index (χ0v) is 17.7. The molecule has 3 aromatic rings. The minimum atomic E-state index is -0.0445. The van der Waals surface area contributed by atoms with Gasteiger partial charge in [-0.25, -0.2) is 4.98 Å². The van der Waals surface area contributed by atoms with Crippen LogP contribution >= 0.6 is 34.5 Å². The number of halogens is 2. The van der Waals surface area contributed by atoms with Crippen LogP contribution in [0.5, 0.6) is 5.75 Å². The maximum atomic E-state index is 13.1. The fraction of sp³-hybridized carbons (Fsp3) is 0.238. The highest BCUT2D eigenvalue weighted by Crippen LogP contribution is 2.36. The molecule has 0 aliphatic carbocycles. The fourth-order valence-corrected chi connectivity index (χ4v) is 4.78. The van der Waals surface area contributed by atoms with Crippen molar-refractivity contribution in [1.82, 2.24) is 10.3 Å². The number of thiazole rings is 1. The zero-order chi connectivity index (χ0) is 20.0. The summed E-state index contributed by atoms with van der Waals surface area (Å²) in [6.07, 6.45) is 0.857. The predicted octanol–water partition coefficient (Wildman–Crippen LogP) is 4.67. The molecule has 0 bridgehead atoms. The van der Waals surface area contributed by atoms with Crippen molar-refractivity contribution in [3.63, 3.8) is 0 Å². The Morgan fingerprint density at radius 1 is 1.14 bits per heavy atom. The van der Waals surface area contributed by atoms with Crippen molar-refractivity contribution in [2.45, 2.75) is 12.5 Å². The molecule has 1 fully saturated rings. The van der Waals surface area contributed by atoms with Crippen molar-refractivity contribution in [2.75, 3.05) is 24.5 Å². The Balaban J connectivity index is 1.39. The quantitative estimate of drug-likeness (QED) is 0.633. The predicted molar refractivity (Wildman–Crippen MR) is 117 cm³/mol. The van der Waals surface area contributed by atoms with Crippen LogP contribution in [-0.2, 0) is 6.42 Å². The minimum absolute atomic E-state index is 0.0445. The largest absolute Gasteiger partial charge is 0.486 e. The summed E-state index contributed by atoms with van der Waals surface area (Å²) < 4.78 is 5.85. The summed E-state index contributed by atoms with van der Waals surface area (Å²) in [6, 6.07) is 13.0. The Hall–Kier alpha value is -2.12. The molecule has 2 aliphatic rings. The van der Waals surface area contributed by atoms with Crippen molar-refractivity contribution < 1.29 is 9.53 Å². The van der Waals surface area contributed by atoms with Crippen molar-refractivity contribution in [2.24, 2.45) is 0 Å². The Labute approximate surface area is 182 Å². The van der Waals surface area contributed by atoms with Crippen LogP contribution in [0.2, 0.25) is 10.0 Å². The van der Waals surface area contributed by atoms with Gasteiger partial charge in [0.15, 0.2) is 0 Å². The molecule has 0 unspecified atom stereocenters. The van der Waals surface area contributed by atoms with E-state index >= 15 is 0 Å². The molecule has 29 heavy (non-hydrogen) atoms. The topological polar surface area (TPSA) is 54.5 Å². The number of fused-ring (bicyclic) bond motifs is 1. The molecule has 0 spiro atoms. The maximum absolute atomic E-state index is 13.1. The average molecular weight is 446 g/mol. The number of rotatable bonds is 4. The molecule has 2 aliphatic heterocycles. The molecule has 148 valence electrons. The average Bonchev–Trinajstić information content (AvgIpc) is 3.12. The second-order valence-corrected chi connectivity index (χ2v) is 8.86. The third kappa shape index (κ3) is 3.62. The van der Waals surface area contributed by atoms with Crippen LogP contribution in [0.3, 0.4) is 0 Å². The van der Waals surface area contributed by atoms with Crippen LogP contribution in [0, 0.1) is 0 Å². The van der Waals surface area contributed by atoms with E-state index in [1.165, 1.54) is 11.3 Å². The van der Waals surface area contributed by atoms with Gasteiger partial charge in [0, 0.05) is 42.3 Å². The first-order valence-corrected chi connectivity index (χ1v) is 10.9. The molecule has 1 N–H and O–H groups in total. The molecule has 3 heterocycles. The first-order chi connectivity index (χ1) is 14.1. The molecule has 5 rings (SSSR count). The number of amides is 1. The van der Waals surface area contributed by atoms with Gasteiger partial charge in [0.1, 0.15) is 21.7 Å². The smallest absolute Gasteiger partial charge is 0.270 e. The number of aromatic nitrogens is 1. The van der Waals surface area contributed by atoms with Crippen LogP contribution in [0.4, 0.5) is 5.69 Å². The molecular formula is C21H17Cl2N3O2S. The third-order valence-corrected chi connectivity index (χ3v) is 6.75. The Bertz CT molecular complexity index is 1080. The number of hydrogen-bond acceptors (Lipinski definition) is 5. The maximum Gasteiger partial charge on any atom is 0.270 e. The number of nitrogens with one attached hydrogen (secondary N) is 1. The summed E-state index contributed by atoms with van der Waals surface area (Å²) in [5.41, 5.74) is 2.58. The number of anilines is 1. The normalized spacial score (nSPS) is 16.5. The lowest BCUT2D eigenvalue weighted by atomic mass is 10.1. The van der Waals surface area contributed by atoms with Gasteiger partial charge in [-0.3, -0.25) is 4.79 Å². The van der Waals surface area contributed by atoms with E-state index in [9.17, 15) is 4.79 Å². The first-order valence-electron chi connectivity index (χ1n) is 9.33. The van der Waals surface area contributed by atoms with Gasteiger partial charge in [0.25, 0.3) is 5.91 Å². The second-order valence-electron chi connectivity index (χ2n) is 7.02. The molecule has 1 amide bonds. The molecule has 1 aromatic heterocycles. The molecule has 2 aromatic carbocycles. The van der Waals surface area contributed by atoms with Gasteiger partial charge in [-0.05, 0) is 30.3 Å². The van der Waals surface area contributed by atoms with Gasteiger partial charge >= 0.3 is 0 Å². The van der Waals surface area contributed by atoms with Crippen molar-refractivity contribution >= 4 is 46.1 Å². The molecular weight excluding hydrogens is 429 g/mol. The van der Waals surface area contributed by atoms with E-state index in [1.54, 1.807) is 11.0 Å². The Morgan fingerprint density at radius 2 is 1.93 bits per heavy atom. The lowest BCUT2D eigenvalue weighted by Gasteiger charge is -2.29. The molecule has 1 saturated heterocycles. The van der Waals surface area contributed by atoms with Crippen molar-refractivity contribution in [3.05, 3.63) is 63.1 Å². The molecule has 5 nitrogen and oxygen atoms in total. The number of ether oxygens (including phenoxy) is 1. The molecule has 0 atom stereocenters. The molecule has 0 radical (unpaired) electrons. The molecule has 8 heteroatoms. The van der Waals surface area contributed by atoms with Crippen molar-refractivity contribution in [3.8, 4) is 16.3 Å². The van der Waals surface area contributed by atoms with Gasteiger partial charge in [-0.2, -0.15) is 0 Å². The van der Waals surface area contributed by atoms with E-state index in [-0.39, 0.29) is 12.0 Å². The van der Waals surface area contributed by atoms with Gasteiger partial charge in [0.05, 0.1) is 10.7 Å². The summed E-state index contributed by atoms with van der Waals surface area (Å²) >= 11 is 13.8. The summed E-state index contributed by atoms with van der Waals surface area (Å²) in [6.45, 7) is 2.22. The Morgan fingerprint density at radius 3 is 2.62 bits per heavy atom. The number of hydrogen-bond donors (Lipinski definition) is 1. The van der Waals surface area contributed by atoms with E-state index in [0.717, 1.165) is 35.0 Å². The van der Waals surface area contributed by atoms with Gasteiger partial charge in [0.2, 0.25) is 0 Å². The summed E-state index contributed by atoms with van der Waals surface area (Å²) in [5.74, 6) is 0.603. The van der Waals surface area contributed by atoms with E-state index in [0.29, 0.717) is 33.6 Å². The monoisotopic (exact) mass is 445 g/mol. The van der Waals surface area contributed by atoms with Crippen LogP contribution in [0.15, 0.2) is 42.5 Å². The minimum Gasteiger partial charge on any atom is -0.486 e. The van der Waals surface area contributed by atoms with Crippen LogP contribution in [0.1, 0.15) is 15.4 Å². The van der Waals surface area contributed by atoms with Crippen LogP contribution in [-0.4, -0.2) is 36.6 Å². The highest BCUT2D eigenvalue weighted by molar-refractivity contribution is 7.17. The van der Waals surface area contributed by atoms with E-state index in [2.05, 4.69) is 10.3 Å². The SMILES string of the molecule is O=C1c2sc(-c3ccc(Cl)cc3)nc2CCN1c1ccc(OC2CNC2)c(Cl)c1. The first kappa shape index (κ1) is 18.9. The number of carbonyl (C=O) groups excluding carboxylic acids is 1. The Kier molecular flexibility index (Phi) is 4.95. The summed E-state index contributed by atoms with van der Waals surface area (Å²) in [5, 5.41) is 5.18. The summed E-state index contributed by atoms with van der Waals surface area (Å²) in [7, 11) is 0. The van der Waals surface area contributed by atoms with Crippen LogP contribution in [0.25, 0.3) is 10.6 Å².